The van der Waals surface area contributed by atoms with Crippen LogP contribution < -0.4 is 16.6 Å². The molecule has 0 saturated heterocycles. The second-order valence-corrected chi connectivity index (χ2v) is 9.18. The van der Waals surface area contributed by atoms with Crippen LogP contribution in [0, 0.1) is 0 Å². The molecule has 1 amide bonds. The summed E-state index contributed by atoms with van der Waals surface area (Å²) in [5, 5.41) is 5.72. The molecule has 0 spiro atoms. The largest absolute Gasteiger partial charge is 0.416 e. The van der Waals surface area contributed by atoms with Gasteiger partial charge in [-0.3, -0.25) is 14.2 Å². The number of nitrogens with one attached hydrogen (secondary N) is 1. The summed E-state index contributed by atoms with van der Waals surface area (Å²) in [5.41, 5.74) is 6.35. The normalized spacial score (nSPS) is 12.7. The van der Waals surface area contributed by atoms with Gasteiger partial charge >= 0.3 is 6.18 Å². The topological polar surface area (TPSA) is 90.0 Å². The van der Waals surface area contributed by atoms with Crippen LogP contribution in [0.1, 0.15) is 34.6 Å². The lowest BCUT2D eigenvalue weighted by Gasteiger charge is -2.16. The summed E-state index contributed by atoms with van der Waals surface area (Å²) in [7, 11) is 0. The van der Waals surface area contributed by atoms with Crippen LogP contribution in [0.15, 0.2) is 76.9 Å². The Bertz CT molecular complexity index is 1670. The fraction of sp³-hybridized carbons (Fsp3) is 0.115. The Balaban J connectivity index is 1.59. The number of amides is 1. The average molecular weight is 509 g/mol. The van der Waals surface area contributed by atoms with E-state index in [1.54, 1.807) is 54.8 Å². The number of aromatic nitrogens is 2. The van der Waals surface area contributed by atoms with Gasteiger partial charge in [-0.05, 0) is 73.0 Å². The summed E-state index contributed by atoms with van der Waals surface area (Å²) < 4.78 is 41.2. The van der Waals surface area contributed by atoms with E-state index >= 15 is 0 Å². The third-order valence-electron chi connectivity index (χ3n) is 5.88. The molecule has 3 N–H and O–H groups in total. The number of pyridine rings is 2. The third-order valence-corrected chi connectivity index (χ3v) is 6.83. The second-order valence-electron chi connectivity index (χ2n) is 8.26. The number of nitrogens with two attached hydrogens (primary N) is 1. The van der Waals surface area contributed by atoms with E-state index in [0.717, 1.165) is 12.1 Å². The van der Waals surface area contributed by atoms with Crippen LogP contribution >= 0.6 is 11.3 Å². The predicted octanol–water partition coefficient (Wildman–Crippen LogP) is 5.69. The van der Waals surface area contributed by atoms with Crippen LogP contribution in [-0.4, -0.2) is 15.5 Å². The molecule has 2 aromatic carbocycles. The minimum Gasteiger partial charge on any atom is -0.384 e. The molecule has 0 bridgehead atoms. The zero-order valence-corrected chi connectivity index (χ0v) is 19.7. The van der Waals surface area contributed by atoms with E-state index in [2.05, 4.69) is 10.3 Å². The van der Waals surface area contributed by atoms with E-state index in [4.69, 9.17) is 5.73 Å². The van der Waals surface area contributed by atoms with Crippen LogP contribution in [0.25, 0.3) is 26.7 Å². The van der Waals surface area contributed by atoms with Crippen molar-refractivity contribution in [3.05, 3.63) is 99.3 Å². The zero-order valence-electron chi connectivity index (χ0n) is 18.8. The minimum atomic E-state index is -4.48. The number of nitrogens with zero attached hydrogens (tertiary/aromatic N) is 2. The molecule has 5 aromatic rings. The molecule has 0 aliphatic heterocycles. The Morgan fingerprint density at radius 1 is 1.06 bits per heavy atom. The number of rotatable bonds is 4. The van der Waals surface area contributed by atoms with Gasteiger partial charge in [0.1, 0.15) is 5.82 Å². The molecule has 6 nitrogen and oxygen atoms in total. The van der Waals surface area contributed by atoms with Gasteiger partial charge in [0.2, 0.25) is 0 Å². The number of alkyl halides is 3. The molecule has 0 unspecified atom stereocenters. The Kier molecular flexibility index (Phi) is 5.76. The minimum absolute atomic E-state index is 0.296. The number of nitrogen functional groups attached to an aromatic ring is 1. The van der Waals surface area contributed by atoms with Gasteiger partial charge in [-0.25, -0.2) is 4.98 Å². The first-order valence-corrected chi connectivity index (χ1v) is 11.8. The van der Waals surface area contributed by atoms with Gasteiger partial charge in [0, 0.05) is 21.3 Å². The lowest BCUT2D eigenvalue weighted by Crippen LogP contribution is -2.27. The third kappa shape index (κ3) is 4.20. The molecule has 0 aliphatic rings. The molecular formula is C26H19F3N4O2S. The molecule has 0 aliphatic carbocycles. The van der Waals surface area contributed by atoms with E-state index in [0.29, 0.717) is 43.8 Å². The highest BCUT2D eigenvalue weighted by molar-refractivity contribution is 7.18. The summed E-state index contributed by atoms with van der Waals surface area (Å²) >= 11 is 1.36. The number of carbonyl (C=O) groups is 1. The van der Waals surface area contributed by atoms with Crippen molar-refractivity contribution in [3.8, 4) is 5.69 Å². The lowest BCUT2D eigenvalue weighted by atomic mass is 10.1. The summed E-state index contributed by atoms with van der Waals surface area (Å²) in [6.07, 6.45) is -4.48. The van der Waals surface area contributed by atoms with Crippen LogP contribution in [0.4, 0.5) is 19.0 Å². The monoisotopic (exact) mass is 508 g/mol. The van der Waals surface area contributed by atoms with Crippen molar-refractivity contribution >= 4 is 44.1 Å². The van der Waals surface area contributed by atoms with Crippen molar-refractivity contribution < 1.29 is 18.0 Å². The smallest absolute Gasteiger partial charge is 0.384 e. The summed E-state index contributed by atoms with van der Waals surface area (Å²) in [6.45, 7) is 1.79. The van der Waals surface area contributed by atoms with Crippen molar-refractivity contribution in [1.82, 2.24) is 14.9 Å². The van der Waals surface area contributed by atoms with Crippen LogP contribution in [-0.2, 0) is 6.18 Å². The van der Waals surface area contributed by atoms with Gasteiger partial charge in [0.05, 0.1) is 28.2 Å². The van der Waals surface area contributed by atoms with Crippen LogP contribution in [0.2, 0.25) is 0 Å². The van der Waals surface area contributed by atoms with Crippen molar-refractivity contribution in [2.45, 2.75) is 19.1 Å². The Labute approximate surface area is 206 Å². The van der Waals surface area contributed by atoms with E-state index in [9.17, 15) is 22.8 Å². The number of hydrogen-bond donors (Lipinski definition) is 2. The number of benzene rings is 2. The Morgan fingerprint density at radius 2 is 1.81 bits per heavy atom. The fourth-order valence-corrected chi connectivity index (χ4v) is 5.00. The van der Waals surface area contributed by atoms with Crippen LogP contribution in [0.3, 0.4) is 0 Å². The molecule has 3 aromatic heterocycles. The predicted molar refractivity (Wildman–Crippen MR) is 134 cm³/mol. The van der Waals surface area contributed by atoms with Gasteiger partial charge in [-0.1, -0.05) is 6.07 Å². The van der Waals surface area contributed by atoms with Crippen molar-refractivity contribution in [1.29, 1.82) is 0 Å². The fourth-order valence-electron chi connectivity index (χ4n) is 4.09. The second kappa shape index (κ2) is 8.80. The number of fused-ring (bicyclic) bond motifs is 3. The molecule has 36 heavy (non-hydrogen) atoms. The zero-order chi connectivity index (χ0) is 25.6. The van der Waals surface area contributed by atoms with E-state index in [1.165, 1.54) is 28.0 Å². The molecule has 10 heteroatoms. The highest BCUT2D eigenvalue weighted by Crippen LogP contribution is 2.32. The van der Waals surface area contributed by atoms with Gasteiger partial charge < -0.3 is 11.1 Å². The first-order chi connectivity index (χ1) is 17.1. The maximum atomic E-state index is 13.3. The number of thiophene rings is 1. The quantitative estimate of drug-likeness (QED) is 0.326. The van der Waals surface area contributed by atoms with Gasteiger partial charge in [-0.2, -0.15) is 13.2 Å². The molecule has 0 radical (unpaired) electrons. The molecule has 1 atom stereocenters. The number of hydrogen-bond acceptors (Lipinski definition) is 5. The van der Waals surface area contributed by atoms with Gasteiger partial charge in [0.15, 0.2) is 0 Å². The maximum absolute atomic E-state index is 13.3. The SMILES string of the molecule is C[C@H](NC(=O)c1ccc2c(c1)c1sccc1c(=O)n2-c1ccc(C(F)(F)F)cc1)c1cccc(N)n1. The highest BCUT2D eigenvalue weighted by Gasteiger charge is 2.30. The summed E-state index contributed by atoms with van der Waals surface area (Å²) in [4.78, 5) is 30.6. The average Bonchev–Trinajstić information content (AvgIpc) is 3.34. The Morgan fingerprint density at radius 3 is 2.50 bits per heavy atom. The van der Waals surface area contributed by atoms with Gasteiger partial charge in [0.25, 0.3) is 11.5 Å². The first-order valence-electron chi connectivity index (χ1n) is 10.9. The summed E-state index contributed by atoms with van der Waals surface area (Å²) in [6, 6.07) is 15.8. The number of carbonyl (C=O) groups excluding carboxylic acids is 1. The standard InChI is InChI=1S/C26H19F3N4O2S/c1-14(20-3-2-4-22(30)32-20)31-24(34)15-5-10-21-19(13-15)23-18(11-12-36-23)25(35)33(21)17-8-6-16(7-9-17)26(27,28)29/h2-14H,1H3,(H2,30,32)(H,31,34)/t14-/m0/s1. The van der Waals surface area contributed by atoms with E-state index < -0.39 is 17.8 Å². The molecule has 0 saturated carbocycles. The van der Waals surface area contributed by atoms with Crippen molar-refractivity contribution in [2.75, 3.05) is 5.73 Å². The van der Waals surface area contributed by atoms with Gasteiger partial charge in [-0.15, -0.1) is 11.3 Å². The van der Waals surface area contributed by atoms with Crippen molar-refractivity contribution in [3.63, 3.8) is 0 Å². The molecular weight excluding hydrogens is 489 g/mol. The number of anilines is 1. The van der Waals surface area contributed by atoms with Crippen LogP contribution in [0.5, 0.6) is 0 Å². The Hall–Kier alpha value is -4.18. The molecule has 3 heterocycles. The summed E-state index contributed by atoms with van der Waals surface area (Å²) in [5.74, 6) is 0.00578. The van der Waals surface area contributed by atoms with E-state index in [1.807, 2.05) is 0 Å². The lowest BCUT2D eigenvalue weighted by molar-refractivity contribution is -0.137. The van der Waals surface area contributed by atoms with Crippen molar-refractivity contribution in [2.24, 2.45) is 0 Å². The molecule has 5 rings (SSSR count). The van der Waals surface area contributed by atoms with E-state index in [-0.39, 0.29) is 11.5 Å². The molecule has 0 fully saturated rings. The maximum Gasteiger partial charge on any atom is 0.416 e. The number of halogens is 3. The molecule has 182 valence electrons. The first kappa shape index (κ1) is 23.6. The highest BCUT2D eigenvalue weighted by atomic mass is 32.1.